The van der Waals surface area contributed by atoms with E-state index in [9.17, 15) is 4.79 Å². The molecular formula is C14H16N6O. The first kappa shape index (κ1) is 13.3. The zero-order chi connectivity index (χ0) is 14.8. The molecule has 1 atom stereocenters. The molecule has 0 aliphatic heterocycles. The fourth-order valence-electron chi connectivity index (χ4n) is 2.05. The average Bonchev–Trinajstić information content (AvgIpc) is 3.16. The molecule has 2 aromatic heterocycles. The molecule has 7 nitrogen and oxygen atoms in total. The van der Waals surface area contributed by atoms with Gasteiger partial charge < -0.3 is 10.6 Å². The van der Waals surface area contributed by atoms with Crippen LogP contribution in [-0.4, -0.2) is 39.4 Å². The minimum Gasteiger partial charge on any atom is -0.309 e. The summed E-state index contributed by atoms with van der Waals surface area (Å²) in [5, 5.41) is 20.4. The van der Waals surface area contributed by atoms with Gasteiger partial charge >= 0.3 is 0 Å². The Bertz CT molecular complexity index is 761. The van der Waals surface area contributed by atoms with E-state index < -0.39 is 0 Å². The number of nitrogens with one attached hydrogen (secondary N) is 4. The van der Waals surface area contributed by atoms with E-state index in [1.165, 1.54) is 0 Å². The number of aromatic amines is 2. The number of nitrogens with zero attached hydrogens (tertiary/aromatic N) is 2. The molecule has 0 saturated carbocycles. The third-order valence-corrected chi connectivity index (χ3v) is 3.46. The summed E-state index contributed by atoms with van der Waals surface area (Å²) in [5.74, 6) is 0.405. The van der Waals surface area contributed by atoms with Gasteiger partial charge in [-0.25, -0.2) is 0 Å². The summed E-state index contributed by atoms with van der Waals surface area (Å²) in [6, 6.07) is 5.60. The van der Waals surface area contributed by atoms with Crippen LogP contribution in [0.4, 0.5) is 5.82 Å². The number of carbonyl (C=O) groups is 1. The summed E-state index contributed by atoms with van der Waals surface area (Å²) in [7, 11) is 1.74. The number of fused-ring (bicyclic) bond motifs is 1. The van der Waals surface area contributed by atoms with Gasteiger partial charge in [0.15, 0.2) is 5.82 Å². The van der Waals surface area contributed by atoms with Crippen molar-refractivity contribution in [3.8, 4) is 11.1 Å². The fraction of sp³-hybridized carbons (Fsp3) is 0.214. The zero-order valence-corrected chi connectivity index (χ0v) is 11.8. The molecule has 1 unspecified atom stereocenters. The molecule has 2 heterocycles. The van der Waals surface area contributed by atoms with Gasteiger partial charge in [0, 0.05) is 17.1 Å². The molecule has 3 rings (SSSR count). The van der Waals surface area contributed by atoms with Crippen LogP contribution >= 0.6 is 0 Å². The molecule has 4 N–H and O–H groups in total. The first-order valence-electron chi connectivity index (χ1n) is 6.64. The molecule has 1 aromatic carbocycles. The van der Waals surface area contributed by atoms with Crippen LogP contribution in [0.2, 0.25) is 0 Å². The highest BCUT2D eigenvalue weighted by atomic mass is 16.2. The number of hydrogen-bond donors (Lipinski definition) is 4. The minimum atomic E-state index is -0.284. The van der Waals surface area contributed by atoms with E-state index in [4.69, 9.17) is 0 Å². The van der Waals surface area contributed by atoms with Crippen molar-refractivity contribution in [1.29, 1.82) is 0 Å². The first-order valence-corrected chi connectivity index (χ1v) is 6.64. The average molecular weight is 284 g/mol. The van der Waals surface area contributed by atoms with E-state index in [0.717, 1.165) is 22.0 Å². The number of amides is 1. The van der Waals surface area contributed by atoms with Gasteiger partial charge in [-0.3, -0.25) is 15.0 Å². The first-order chi connectivity index (χ1) is 10.2. The highest BCUT2D eigenvalue weighted by Gasteiger charge is 2.14. The molecule has 0 spiro atoms. The van der Waals surface area contributed by atoms with Crippen molar-refractivity contribution in [2.24, 2.45) is 0 Å². The van der Waals surface area contributed by atoms with E-state index in [1.807, 2.05) is 24.4 Å². The molecule has 0 aliphatic rings. The van der Waals surface area contributed by atoms with Crippen molar-refractivity contribution in [3.05, 3.63) is 30.6 Å². The van der Waals surface area contributed by atoms with Crippen molar-refractivity contribution in [2.45, 2.75) is 13.0 Å². The lowest BCUT2D eigenvalue weighted by Crippen LogP contribution is -2.35. The summed E-state index contributed by atoms with van der Waals surface area (Å²) >= 11 is 0. The van der Waals surface area contributed by atoms with Crippen LogP contribution in [0.5, 0.6) is 0 Å². The Morgan fingerprint density at radius 1 is 1.33 bits per heavy atom. The summed E-state index contributed by atoms with van der Waals surface area (Å²) in [6.45, 7) is 1.79. The van der Waals surface area contributed by atoms with Crippen molar-refractivity contribution in [1.82, 2.24) is 25.7 Å². The highest BCUT2D eigenvalue weighted by Crippen LogP contribution is 2.27. The van der Waals surface area contributed by atoms with Crippen molar-refractivity contribution in [2.75, 3.05) is 12.4 Å². The van der Waals surface area contributed by atoms with Crippen LogP contribution in [0.1, 0.15) is 6.92 Å². The second-order valence-electron chi connectivity index (χ2n) is 4.82. The van der Waals surface area contributed by atoms with Gasteiger partial charge in [-0.05, 0) is 31.7 Å². The maximum atomic E-state index is 12.0. The van der Waals surface area contributed by atoms with E-state index in [-0.39, 0.29) is 11.9 Å². The van der Waals surface area contributed by atoms with Gasteiger partial charge in [0.25, 0.3) is 0 Å². The maximum Gasteiger partial charge on any atom is 0.242 e. The van der Waals surface area contributed by atoms with E-state index in [2.05, 4.69) is 31.0 Å². The molecule has 3 aromatic rings. The van der Waals surface area contributed by atoms with E-state index in [0.29, 0.717) is 5.82 Å². The number of H-pyrrole nitrogens is 2. The predicted molar refractivity (Wildman–Crippen MR) is 80.8 cm³/mol. The third kappa shape index (κ3) is 2.50. The number of aromatic nitrogens is 4. The molecule has 0 saturated heterocycles. The van der Waals surface area contributed by atoms with Crippen LogP contribution in [0, 0.1) is 0 Å². The van der Waals surface area contributed by atoms with Crippen LogP contribution in [0.3, 0.4) is 0 Å². The molecule has 0 aliphatic carbocycles. The molecular weight excluding hydrogens is 268 g/mol. The number of carbonyl (C=O) groups excluding carboxylic acids is 1. The Morgan fingerprint density at radius 3 is 2.90 bits per heavy atom. The zero-order valence-electron chi connectivity index (χ0n) is 11.8. The van der Waals surface area contributed by atoms with Gasteiger partial charge in [-0.15, -0.1) is 0 Å². The monoisotopic (exact) mass is 284 g/mol. The minimum absolute atomic E-state index is 0.125. The molecule has 0 radical (unpaired) electrons. The van der Waals surface area contributed by atoms with Crippen molar-refractivity contribution < 1.29 is 4.79 Å². The van der Waals surface area contributed by atoms with E-state index in [1.54, 1.807) is 20.2 Å². The topological polar surface area (TPSA) is 98.5 Å². The van der Waals surface area contributed by atoms with Gasteiger partial charge in [0.05, 0.1) is 17.8 Å². The van der Waals surface area contributed by atoms with Gasteiger partial charge in [-0.2, -0.15) is 10.2 Å². The second kappa shape index (κ2) is 5.37. The van der Waals surface area contributed by atoms with Crippen molar-refractivity contribution >= 4 is 22.6 Å². The highest BCUT2D eigenvalue weighted by molar-refractivity contribution is 6.02. The maximum absolute atomic E-state index is 12.0. The summed E-state index contributed by atoms with van der Waals surface area (Å²) < 4.78 is 0. The summed E-state index contributed by atoms with van der Waals surface area (Å²) in [6.07, 6.45) is 3.57. The summed E-state index contributed by atoms with van der Waals surface area (Å²) in [5.41, 5.74) is 2.86. The van der Waals surface area contributed by atoms with E-state index >= 15 is 0 Å². The second-order valence-corrected chi connectivity index (χ2v) is 4.82. The Hall–Kier alpha value is -2.67. The normalized spacial score (nSPS) is 12.5. The van der Waals surface area contributed by atoms with Gasteiger partial charge in [0.2, 0.25) is 5.91 Å². The lowest BCUT2D eigenvalue weighted by Gasteiger charge is -2.09. The SMILES string of the molecule is CNC(C)C(=O)Nc1n[nH]c2ccc(-c3cn[nH]c3)cc12. The molecule has 108 valence electrons. The lowest BCUT2D eigenvalue weighted by molar-refractivity contribution is -0.117. The summed E-state index contributed by atoms with van der Waals surface area (Å²) in [4.78, 5) is 12.0. The van der Waals surface area contributed by atoms with Crippen LogP contribution in [-0.2, 0) is 4.79 Å². The molecule has 1 amide bonds. The number of benzene rings is 1. The molecule has 21 heavy (non-hydrogen) atoms. The van der Waals surface area contributed by atoms with Crippen LogP contribution in [0.15, 0.2) is 30.6 Å². The Kier molecular flexibility index (Phi) is 3.41. The van der Waals surface area contributed by atoms with Crippen LogP contribution in [0.25, 0.3) is 22.0 Å². The number of likely N-dealkylation sites (N-methyl/N-ethyl adjacent to an activating group) is 1. The Labute approximate surface area is 121 Å². The smallest absolute Gasteiger partial charge is 0.242 e. The predicted octanol–water partition coefficient (Wildman–Crippen LogP) is 1.50. The van der Waals surface area contributed by atoms with Gasteiger partial charge in [0.1, 0.15) is 0 Å². The quantitative estimate of drug-likeness (QED) is 0.583. The standard InChI is InChI=1S/C14H16N6O/c1-8(15-2)14(21)18-13-11-5-9(10-6-16-17-7-10)3-4-12(11)19-20-13/h3-8,15H,1-2H3,(H,16,17)(H2,18,19,20,21). The van der Waals surface area contributed by atoms with Crippen LogP contribution < -0.4 is 10.6 Å². The Morgan fingerprint density at radius 2 is 2.19 bits per heavy atom. The molecule has 0 fully saturated rings. The van der Waals surface area contributed by atoms with Crippen molar-refractivity contribution in [3.63, 3.8) is 0 Å². The number of hydrogen-bond acceptors (Lipinski definition) is 4. The lowest BCUT2D eigenvalue weighted by atomic mass is 10.1. The Balaban J connectivity index is 1.96. The number of anilines is 1. The molecule has 0 bridgehead atoms. The third-order valence-electron chi connectivity index (χ3n) is 3.46. The molecule has 7 heteroatoms. The van der Waals surface area contributed by atoms with Gasteiger partial charge in [-0.1, -0.05) is 6.07 Å². The number of rotatable bonds is 4. The fourth-order valence-corrected chi connectivity index (χ4v) is 2.05. The largest absolute Gasteiger partial charge is 0.309 e.